The van der Waals surface area contributed by atoms with Crippen molar-refractivity contribution < 1.29 is 14.3 Å². The van der Waals surface area contributed by atoms with Gasteiger partial charge >= 0.3 is 0 Å². The first-order valence-electron chi connectivity index (χ1n) is 10.3. The minimum Gasteiger partial charge on any atom is -0.378 e. The van der Waals surface area contributed by atoms with Gasteiger partial charge in [0.25, 0.3) is 11.8 Å². The molecule has 0 unspecified atom stereocenters. The maximum Gasteiger partial charge on any atom is 0.279 e. The summed E-state index contributed by atoms with van der Waals surface area (Å²) in [5, 5.41) is 2.00. The highest BCUT2D eigenvalue weighted by Crippen LogP contribution is 2.12. The van der Waals surface area contributed by atoms with Gasteiger partial charge in [-0.25, -0.2) is 0 Å². The molecule has 1 aliphatic rings. The van der Waals surface area contributed by atoms with Gasteiger partial charge in [0.15, 0.2) is 4.80 Å². The highest BCUT2D eigenvalue weighted by molar-refractivity contribution is 7.07. The Kier molecular flexibility index (Phi) is 6.44. The van der Waals surface area contributed by atoms with Crippen LogP contribution in [0.4, 0.5) is 0 Å². The Morgan fingerprint density at radius 1 is 0.968 bits per heavy atom. The summed E-state index contributed by atoms with van der Waals surface area (Å²) in [6.45, 7) is 7.01. The molecule has 0 radical (unpaired) electrons. The Morgan fingerprint density at radius 2 is 1.61 bits per heavy atom. The third kappa shape index (κ3) is 5.00. The van der Waals surface area contributed by atoms with Gasteiger partial charge < -0.3 is 14.2 Å². The second-order valence-electron chi connectivity index (χ2n) is 7.63. The maximum absolute atomic E-state index is 12.6. The fraction of sp³-hybridized carbons (Fsp3) is 0.292. The van der Waals surface area contributed by atoms with Crippen LogP contribution < -0.4 is 4.80 Å². The van der Waals surface area contributed by atoms with E-state index in [2.05, 4.69) is 4.99 Å². The number of morpholine rings is 1. The molecule has 2 amide bonds. The zero-order valence-corrected chi connectivity index (χ0v) is 18.5. The summed E-state index contributed by atoms with van der Waals surface area (Å²) in [6, 6.07) is 15.1. The topological polar surface area (TPSA) is 63.9 Å². The molecule has 1 aromatic heterocycles. The Labute approximate surface area is 185 Å². The van der Waals surface area contributed by atoms with Gasteiger partial charge in [-0.3, -0.25) is 9.59 Å². The van der Waals surface area contributed by atoms with E-state index in [0.29, 0.717) is 48.8 Å². The van der Waals surface area contributed by atoms with E-state index in [4.69, 9.17) is 4.74 Å². The number of rotatable bonds is 4. The van der Waals surface area contributed by atoms with Crippen molar-refractivity contribution >= 4 is 23.2 Å². The predicted molar refractivity (Wildman–Crippen MR) is 120 cm³/mol. The summed E-state index contributed by atoms with van der Waals surface area (Å²) in [7, 11) is 0. The molecule has 6 nitrogen and oxygen atoms in total. The van der Waals surface area contributed by atoms with Gasteiger partial charge in [-0.05, 0) is 43.7 Å². The minimum absolute atomic E-state index is 0.0357. The molecule has 2 aromatic carbocycles. The lowest BCUT2D eigenvalue weighted by atomic mass is 10.1. The molecule has 160 valence electrons. The first-order valence-corrected chi connectivity index (χ1v) is 11.2. The normalized spacial score (nSPS) is 14.6. The smallest absolute Gasteiger partial charge is 0.279 e. The van der Waals surface area contributed by atoms with Crippen LogP contribution in [0, 0.1) is 13.8 Å². The molecule has 0 saturated carbocycles. The number of ether oxygens (including phenoxy) is 1. The maximum atomic E-state index is 12.6. The molecule has 0 atom stereocenters. The first kappa shape index (κ1) is 21.2. The number of aryl methyl sites for hydroxylation is 2. The summed E-state index contributed by atoms with van der Waals surface area (Å²) >= 11 is 1.45. The highest BCUT2D eigenvalue weighted by atomic mass is 32.1. The number of thiazole rings is 1. The summed E-state index contributed by atoms with van der Waals surface area (Å²) in [4.78, 5) is 32.1. The standard InChI is InChI=1S/C24H25N3O3S/c1-17-3-7-20(8-4-17)22(28)25-24-27(18(2)16-31-24)15-19-5-9-21(10-6-19)23(29)26-11-13-30-14-12-26/h3-10,16H,11-15H2,1-2H3. The van der Waals surface area contributed by atoms with Crippen molar-refractivity contribution in [3.63, 3.8) is 0 Å². The summed E-state index contributed by atoms with van der Waals surface area (Å²) < 4.78 is 7.34. The van der Waals surface area contributed by atoms with Crippen LogP contribution in [-0.2, 0) is 11.3 Å². The second kappa shape index (κ2) is 9.41. The average Bonchev–Trinajstić information content (AvgIpc) is 3.13. The van der Waals surface area contributed by atoms with Gasteiger partial charge in [0.2, 0.25) is 0 Å². The molecular weight excluding hydrogens is 410 g/mol. The quantitative estimate of drug-likeness (QED) is 0.631. The molecule has 1 fully saturated rings. The van der Waals surface area contributed by atoms with Crippen molar-refractivity contribution in [1.29, 1.82) is 0 Å². The van der Waals surface area contributed by atoms with Crippen molar-refractivity contribution in [2.24, 2.45) is 4.99 Å². The monoisotopic (exact) mass is 435 g/mol. The van der Waals surface area contributed by atoms with Crippen molar-refractivity contribution in [3.8, 4) is 0 Å². The van der Waals surface area contributed by atoms with Crippen molar-refractivity contribution in [2.75, 3.05) is 26.3 Å². The summed E-state index contributed by atoms with van der Waals surface area (Å²) in [6.07, 6.45) is 0. The van der Waals surface area contributed by atoms with Crippen LogP contribution in [0.5, 0.6) is 0 Å². The minimum atomic E-state index is -0.248. The third-order valence-corrected chi connectivity index (χ3v) is 6.31. The number of aromatic nitrogens is 1. The van der Waals surface area contributed by atoms with Crippen molar-refractivity contribution in [2.45, 2.75) is 20.4 Å². The predicted octanol–water partition coefficient (Wildman–Crippen LogP) is 3.43. The molecule has 4 rings (SSSR count). The Balaban J connectivity index is 1.52. The van der Waals surface area contributed by atoms with E-state index in [0.717, 1.165) is 16.8 Å². The molecule has 31 heavy (non-hydrogen) atoms. The second-order valence-corrected chi connectivity index (χ2v) is 8.47. The lowest BCUT2D eigenvalue weighted by Gasteiger charge is -2.26. The van der Waals surface area contributed by atoms with E-state index < -0.39 is 0 Å². The van der Waals surface area contributed by atoms with Gasteiger partial charge in [-0.1, -0.05) is 29.8 Å². The third-order valence-electron chi connectivity index (χ3n) is 5.33. The van der Waals surface area contributed by atoms with Crippen LogP contribution in [0.2, 0.25) is 0 Å². The van der Waals surface area contributed by atoms with Crippen LogP contribution in [-0.4, -0.2) is 47.6 Å². The van der Waals surface area contributed by atoms with Crippen molar-refractivity contribution in [1.82, 2.24) is 9.47 Å². The van der Waals surface area contributed by atoms with Gasteiger partial charge in [0.05, 0.1) is 19.8 Å². The van der Waals surface area contributed by atoms with Crippen LogP contribution >= 0.6 is 11.3 Å². The lowest BCUT2D eigenvalue weighted by Crippen LogP contribution is -2.40. The Hall–Kier alpha value is -3.03. The largest absolute Gasteiger partial charge is 0.378 e. The lowest BCUT2D eigenvalue weighted by molar-refractivity contribution is 0.0303. The molecule has 0 N–H and O–H groups in total. The fourth-order valence-electron chi connectivity index (χ4n) is 3.43. The molecule has 1 aliphatic heterocycles. The molecule has 1 saturated heterocycles. The highest BCUT2D eigenvalue weighted by Gasteiger charge is 2.18. The number of amides is 2. The summed E-state index contributed by atoms with van der Waals surface area (Å²) in [5.74, 6) is -0.212. The van der Waals surface area contributed by atoms with Gasteiger partial charge in [0.1, 0.15) is 0 Å². The number of benzene rings is 2. The van der Waals surface area contributed by atoms with Gasteiger partial charge in [0, 0.05) is 35.3 Å². The molecular formula is C24H25N3O3S. The van der Waals surface area contributed by atoms with E-state index in [1.165, 1.54) is 11.3 Å². The fourth-order valence-corrected chi connectivity index (χ4v) is 4.30. The summed E-state index contributed by atoms with van der Waals surface area (Å²) in [5.41, 5.74) is 4.44. The SMILES string of the molecule is Cc1ccc(C(=O)N=c2scc(C)n2Cc2ccc(C(=O)N3CCOCC3)cc2)cc1. The van der Waals surface area contributed by atoms with E-state index >= 15 is 0 Å². The van der Waals surface area contributed by atoms with E-state index in [1.807, 2.05) is 65.1 Å². The van der Waals surface area contributed by atoms with Crippen LogP contribution in [0.25, 0.3) is 0 Å². The molecule has 7 heteroatoms. The van der Waals surface area contributed by atoms with E-state index in [9.17, 15) is 9.59 Å². The number of carbonyl (C=O) groups excluding carboxylic acids is 2. The molecule has 2 heterocycles. The number of hydrogen-bond donors (Lipinski definition) is 0. The van der Waals surface area contributed by atoms with Crippen LogP contribution in [0.1, 0.15) is 37.5 Å². The van der Waals surface area contributed by atoms with Gasteiger partial charge in [-0.2, -0.15) is 4.99 Å². The Bertz CT molecular complexity index is 1140. The van der Waals surface area contributed by atoms with Crippen molar-refractivity contribution in [3.05, 3.63) is 86.7 Å². The Morgan fingerprint density at radius 3 is 2.29 bits per heavy atom. The van der Waals surface area contributed by atoms with Gasteiger partial charge in [-0.15, -0.1) is 11.3 Å². The average molecular weight is 436 g/mol. The van der Waals surface area contributed by atoms with E-state index in [1.54, 1.807) is 12.1 Å². The number of nitrogens with zero attached hydrogens (tertiary/aromatic N) is 3. The van der Waals surface area contributed by atoms with Crippen LogP contribution in [0.3, 0.4) is 0 Å². The number of carbonyl (C=O) groups is 2. The number of hydrogen-bond acceptors (Lipinski definition) is 4. The first-order chi connectivity index (χ1) is 15.0. The molecule has 0 bridgehead atoms. The molecule has 3 aromatic rings. The molecule has 0 spiro atoms. The molecule has 0 aliphatic carbocycles. The van der Waals surface area contributed by atoms with Crippen LogP contribution in [0.15, 0.2) is 58.9 Å². The zero-order chi connectivity index (χ0) is 21.8. The van der Waals surface area contributed by atoms with E-state index in [-0.39, 0.29) is 11.8 Å². The zero-order valence-electron chi connectivity index (χ0n) is 17.7.